The molecule has 0 bridgehead atoms. The van der Waals surface area contributed by atoms with Gasteiger partial charge in [0.1, 0.15) is 11.9 Å². The second-order valence-corrected chi connectivity index (χ2v) is 3.63. The summed E-state index contributed by atoms with van der Waals surface area (Å²) in [5.41, 5.74) is 12.5. The molecule has 0 heterocycles. The van der Waals surface area contributed by atoms with Crippen molar-refractivity contribution in [2.45, 2.75) is 19.4 Å². The maximum absolute atomic E-state index is 13.2. The third-order valence-corrected chi connectivity index (χ3v) is 2.40. The summed E-state index contributed by atoms with van der Waals surface area (Å²) in [5.74, 6) is -1.02. The number of methoxy groups -OCH3 is 1. The fourth-order valence-corrected chi connectivity index (χ4v) is 1.44. The Morgan fingerprint density at radius 3 is 2.75 bits per heavy atom. The molecule has 0 aliphatic carbocycles. The minimum Gasteiger partial charge on any atom is -0.468 e. The number of ether oxygens (including phenoxy) is 1. The van der Waals surface area contributed by atoms with Gasteiger partial charge in [-0.05, 0) is 36.6 Å². The number of benzene rings is 1. The monoisotopic (exact) mass is 226 g/mol. The van der Waals surface area contributed by atoms with Crippen molar-refractivity contribution in [1.82, 2.24) is 0 Å². The summed E-state index contributed by atoms with van der Waals surface area (Å²) >= 11 is 0. The van der Waals surface area contributed by atoms with Gasteiger partial charge < -0.3 is 16.2 Å². The molecule has 5 heteroatoms. The van der Waals surface area contributed by atoms with Gasteiger partial charge in [-0.25, -0.2) is 4.39 Å². The standard InChI is InChI=1S/C11H15FN2O2/c1-6-3-9(13)8(12)4-7(6)5-10(14)11(15)16-2/h3-4,10H,5,13-14H2,1-2H3/t10-/m1/s1. The average Bonchev–Trinajstić information content (AvgIpc) is 2.24. The van der Waals surface area contributed by atoms with Crippen LogP contribution in [0.3, 0.4) is 0 Å². The summed E-state index contributed by atoms with van der Waals surface area (Å²) in [6.45, 7) is 1.79. The van der Waals surface area contributed by atoms with Crippen LogP contribution in [0.25, 0.3) is 0 Å². The number of anilines is 1. The van der Waals surface area contributed by atoms with E-state index in [0.29, 0.717) is 5.56 Å². The number of esters is 1. The number of carbonyl (C=O) groups excluding carboxylic acids is 1. The smallest absolute Gasteiger partial charge is 0.322 e. The van der Waals surface area contributed by atoms with Gasteiger partial charge in [0, 0.05) is 0 Å². The number of halogens is 1. The largest absolute Gasteiger partial charge is 0.468 e. The highest BCUT2D eigenvalue weighted by molar-refractivity contribution is 5.75. The maximum atomic E-state index is 13.2. The van der Waals surface area contributed by atoms with Crippen LogP contribution in [0, 0.1) is 12.7 Å². The Kier molecular flexibility index (Phi) is 3.84. The van der Waals surface area contributed by atoms with E-state index in [-0.39, 0.29) is 12.1 Å². The molecular weight excluding hydrogens is 211 g/mol. The van der Waals surface area contributed by atoms with Crippen LogP contribution in [-0.2, 0) is 16.0 Å². The third-order valence-electron chi connectivity index (χ3n) is 2.40. The zero-order valence-electron chi connectivity index (χ0n) is 9.29. The molecule has 0 unspecified atom stereocenters. The van der Waals surface area contributed by atoms with Gasteiger partial charge in [-0.1, -0.05) is 0 Å². The number of rotatable bonds is 3. The summed E-state index contributed by atoms with van der Waals surface area (Å²) in [6.07, 6.45) is 0.232. The van der Waals surface area contributed by atoms with Crippen molar-refractivity contribution in [1.29, 1.82) is 0 Å². The second-order valence-electron chi connectivity index (χ2n) is 3.63. The number of nitrogen functional groups attached to an aromatic ring is 1. The van der Waals surface area contributed by atoms with Gasteiger partial charge in [-0.2, -0.15) is 0 Å². The van der Waals surface area contributed by atoms with Crippen molar-refractivity contribution >= 4 is 11.7 Å². The number of carbonyl (C=O) groups is 1. The van der Waals surface area contributed by atoms with E-state index in [0.717, 1.165) is 5.56 Å². The molecule has 0 fully saturated rings. The van der Waals surface area contributed by atoms with Crippen LogP contribution in [-0.4, -0.2) is 19.1 Å². The molecule has 0 aromatic heterocycles. The fourth-order valence-electron chi connectivity index (χ4n) is 1.44. The fraction of sp³-hybridized carbons (Fsp3) is 0.364. The van der Waals surface area contributed by atoms with Crippen LogP contribution < -0.4 is 11.5 Å². The molecule has 0 aliphatic rings. The Balaban J connectivity index is 2.89. The van der Waals surface area contributed by atoms with E-state index < -0.39 is 17.8 Å². The van der Waals surface area contributed by atoms with E-state index in [4.69, 9.17) is 11.5 Å². The predicted molar refractivity (Wildman–Crippen MR) is 59.2 cm³/mol. The van der Waals surface area contributed by atoms with Gasteiger partial charge >= 0.3 is 5.97 Å². The van der Waals surface area contributed by atoms with Crippen molar-refractivity contribution < 1.29 is 13.9 Å². The molecule has 1 atom stereocenters. The Morgan fingerprint density at radius 1 is 1.56 bits per heavy atom. The highest BCUT2D eigenvalue weighted by Gasteiger charge is 2.16. The molecule has 1 aromatic rings. The van der Waals surface area contributed by atoms with E-state index in [2.05, 4.69) is 4.74 Å². The number of hydrogen-bond acceptors (Lipinski definition) is 4. The maximum Gasteiger partial charge on any atom is 0.322 e. The Hall–Kier alpha value is -1.62. The lowest BCUT2D eigenvalue weighted by atomic mass is 10.0. The molecule has 0 saturated carbocycles. The van der Waals surface area contributed by atoms with E-state index in [1.165, 1.54) is 19.2 Å². The van der Waals surface area contributed by atoms with Gasteiger partial charge in [0.2, 0.25) is 0 Å². The van der Waals surface area contributed by atoms with Crippen LogP contribution in [0.5, 0.6) is 0 Å². The number of aryl methyl sites for hydroxylation is 1. The SMILES string of the molecule is COC(=O)[C@H](N)Cc1cc(F)c(N)cc1C. The predicted octanol–water partition coefficient (Wildman–Crippen LogP) is 0.759. The molecule has 0 aliphatic heterocycles. The van der Waals surface area contributed by atoms with Crippen molar-refractivity contribution in [3.05, 3.63) is 29.1 Å². The van der Waals surface area contributed by atoms with Gasteiger partial charge in [0.05, 0.1) is 12.8 Å². The molecule has 4 nitrogen and oxygen atoms in total. The summed E-state index contributed by atoms with van der Waals surface area (Å²) in [6, 6.07) is 2.04. The number of hydrogen-bond donors (Lipinski definition) is 2. The third kappa shape index (κ3) is 2.70. The van der Waals surface area contributed by atoms with Gasteiger partial charge in [-0.15, -0.1) is 0 Å². The van der Waals surface area contributed by atoms with Gasteiger partial charge in [-0.3, -0.25) is 4.79 Å². The average molecular weight is 226 g/mol. The quantitative estimate of drug-likeness (QED) is 0.589. The normalized spacial score (nSPS) is 12.2. The van der Waals surface area contributed by atoms with Crippen LogP contribution in [0.1, 0.15) is 11.1 Å². The lowest BCUT2D eigenvalue weighted by Gasteiger charge is -2.12. The first-order valence-electron chi connectivity index (χ1n) is 4.83. The summed E-state index contributed by atoms with van der Waals surface area (Å²) < 4.78 is 17.7. The molecule has 0 radical (unpaired) electrons. The van der Waals surface area contributed by atoms with Crippen molar-refractivity contribution in [2.75, 3.05) is 12.8 Å². The first-order chi connectivity index (χ1) is 7.45. The molecule has 1 rings (SSSR count). The Bertz CT molecular complexity index is 407. The molecular formula is C11H15FN2O2. The first-order valence-corrected chi connectivity index (χ1v) is 4.83. The zero-order chi connectivity index (χ0) is 12.3. The minimum atomic E-state index is -0.785. The molecule has 0 spiro atoms. The molecule has 16 heavy (non-hydrogen) atoms. The Labute approximate surface area is 93.4 Å². The summed E-state index contributed by atoms with van der Waals surface area (Å²) in [4.78, 5) is 11.1. The van der Waals surface area contributed by atoms with Crippen LogP contribution >= 0.6 is 0 Å². The Morgan fingerprint density at radius 2 is 2.19 bits per heavy atom. The lowest BCUT2D eigenvalue weighted by Crippen LogP contribution is -2.33. The summed E-state index contributed by atoms with van der Waals surface area (Å²) in [7, 11) is 1.26. The number of nitrogens with two attached hydrogens (primary N) is 2. The lowest BCUT2D eigenvalue weighted by molar-refractivity contribution is -0.142. The van der Waals surface area contributed by atoms with E-state index in [1.807, 2.05) is 0 Å². The van der Waals surface area contributed by atoms with Crippen molar-refractivity contribution in [3.63, 3.8) is 0 Å². The first kappa shape index (κ1) is 12.4. The molecule has 0 amide bonds. The minimum absolute atomic E-state index is 0.0906. The van der Waals surface area contributed by atoms with Crippen molar-refractivity contribution in [2.24, 2.45) is 5.73 Å². The van der Waals surface area contributed by atoms with Crippen molar-refractivity contribution in [3.8, 4) is 0 Å². The molecule has 1 aromatic carbocycles. The van der Waals surface area contributed by atoms with Gasteiger partial charge in [0.15, 0.2) is 0 Å². The molecule has 88 valence electrons. The molecule has 0 saturated heterocycles. The van der Waals surface area contributed by atoms with Crippen LogP contribution in [0.4, 0.5) is 10.1 Å². The van der Waals surface area contributed by atoms with Crippen LogP contribution in [0.15, 0.2) is 12.1 Å². The highest BCUT2D eigenvalue weighted by atomic mass is 19.1. The topological polar surface area (TPSA) is 78.3 Å². The van der Waals surface area contributed by atoms with Gasteiger partial charge in [0.25, 0.3) is 0 Å². The highest BCUT2D eigenvalue weighted by Crippen LogP contribution is 2.18. The van der Waals surface area contributed by atoms with Crippen LogP contribution in [0.2, 0.25) is 0 Å². The summed E-state index contributed by atoms with van der Waals surface area (Å²) in [5, 5.41) is 0. The zero-order valence-corrected chi connectivity index (χ0v) is 9.29. The van der Waals surface area contributed by atoms with E-state index >= 15 is 0 Å². The van der Waals surface area contributed by atoms with E-state index in [1.54, 1.807) is 6.92 Å². The molecule has 4 N–H and O–H groups in total. The van der Waals surface area contributed by atoms with E-state index in [9.17, 15) is 9.18 Å². The second kappa shape index (κ2) is 4.94.